The van der Waals surface area contributed by atoms with Gasteiger partial charge < -0.3 is 16.8 Å². The molecule has 3 nitrogen and oxygen atoms in total. The first-order chi connectivity index (χ1) is 6.24. The van der Waals surface area contributed by atoms with E-state index in [9.17, 15) is 0 Å². The highest BCUT2D eigenvalue weighted by molar-refractivity contribution is 5.46. The summed E-state index contributed by atoms with van der Waals surface area (Å²) in [5.41, 5.74) is 13.2. The zero-order chi connectivity index (χ0) is 9.68. The molecule has 13 heavy (non-hydrogen) atoms. The van der Waals surface area contributed by atoms with Crippen LogP contribution >= 0.6 is 0 Å². The van der Waals surface area contributed by atoms with Crippen molar-refractivity contribution in [2.75, 3.05) is 12.3 Å². The molecule has 0 aliphatic heterocycles. The van der Waals surface area contributed by atoms with E-state index in [2.05, 4.69) is 12.2 Å². The van der Waals surface area contributed by atoms with Gasteiger partial charge in [0.1, 0.15) is 0 Å². The molecule has 1 atom stereocenters. The molecular weight excluding hydrogens is 162 g/mol. The van der Waals surface area contributed by atoms with Gasteiger partial charge in [-0.1, -0.05) is 18.2 Å². The number of para-hydroxylation sites is 1. The summed E-state index contributed by atoms with van der Waals surface area (Å²) in [7, 11) is 0. The molecule has 5 N–H and O–H groups in total. The molecule has 0 aliphatic rings. The minimum Gasteiger partial charge on any atom is -0.398 e. The fraction of sp³-hybridized carbons (Fsp3) is 0.400. The van der Waals surface area contributed by atoms with Crippen LogP contribution in [0.25, 0.3) is 0 Å². The van der Waals surface area contributed by atoms with Gasteiger partial charge in [-0.2, -0.15) is 0 Å². The van der Waals surface area contributed by atoms with Gasteiger partial charge in [0, 0.05) is 24.8 Å². The fourth-order valence-corrected chi connectivity index (χ4v) is 1.06. The molecule has 1 unspecified atom stereocenters. The molecule has 0 bridgehead atoms. The van der Waals surface area contributed by atoms with Crippen LogP contribution in [0.15, 0.2) is 24.3 Å². The highest BCUT2D eigenvalue weighted by Gasteiger charge is 2.00. The molecule has 0 radical (unpaired) electrons. The molecule has 0 amide bonds. The summed E-state index contributed by atoms with van der Waals surface area (Å²) in [5, 5.41) is 3.28. The van der Waals surface area contributed by atoms with Crippen molar-refractivity contribution >= 4 is 5.69 Å². The Morgan fingerprint density at radius 3 is 2.69 bits per heavy atom. The average Bonchev–Trinajstić information content (AvgIpc) is 2.16. The quantitative estimate of drug-likeness (QED) is 0.596. The van der Waals surface area contributed by atoms with Gasteiger partial charge in [-0.3, -0.25) is 0 Å². The standard InChI is InChI=1S/C10H17N3/c1-8(6-11)13-7-9-4-2-3-5-10(9)12/h2-5,8,13H,6-7,11-12H2,1H3. The number of hydrogen-bond acceptors (Lipinski definition) is 3. The Morgan fingerprint density at radius 2 is 2.08 bits per heavy atom. The molecule has 1 aromatic carbocycles. The zero-order valence-electron chi connectivity index (χ0n) is 7.96. The lowest BCUT2D eigenvalue weighted by Gasteiger charge is -2.12. The molecule has 1 aromatic rings. The molecule has 72 valence electrons. The number of nitrogens with one attached hydrogen (secondary N) is 1. The van der Waals surface area contributed by atoms with E-state index in [1.807, 2.05) is 24.3 Å². The smallest absolute Gasteiger partial charge is 0.0359 e. The minimum absolute atomic E-state index is 0.333. The molecule has 0 saturated heterocycles. The Bertz CT molecular complexity index is 260. The molecule has 0 aromatic heterocycles. The number of benzene rings is 1. The van der Waals surface area contributed by atoms with Gasteiger partial charge in [-0.25, -0.2) is 0 Å². The summed E-state index contributed by atoms with van der Waals surface area (Å²) in [6.07, 6.45) is 0. The normalized spacial score (nSPS) is 12.8. The second-order valence-corrected chi connectivity index (χ2v) is 3.22. The summed E-state index contributed by atoms with van der Waals surface area (Å²) >= 11 is 0. The van der Waals surface area contributed by atoms with Crippen LogP contribution in [0.2, 0.25) is 0 Å². The first-order valence-electron chi connectivity index (χ1n) is 4.51. The predicted molar refractivity (Wildman–Crippen MR) is 56.2 cm³/mol. The van der Waals surface area contributed by atoms with Crippen molar-refractivity contribution in [3.63, 3.8) is 0 Å². The number of anilines is 1. The van der Waals surface area contributed by atoms with E-state index in [-0.39, 0.29) is 0 Å². The van der Waals surface area contributed by atoms with Crippen LogP contribution < -0.4 is 16.8 Å². The summed E-state index contributed by atoms with van der Waals surface area (Å²) in [6, 6.07) is 8.18. The third kappa shape index (κ3) is 3.05. The molecule has 0 saturated carbocycles. The van der Waals surface area contributed by atoms with Crippen molar-refractivity contribution < 1.29 is 0 Å². The fourth-order valence-electron chi connectivity index (χ4n) is 1.06. The van der Waals surface area contributed by atoms with Crippen molar-refractivity contribution in [3.8, 4) is 0 Å². The molecule has 1 rings (SSSR count). The lowest BCUT2D eigenvalue weighted by atomic mass is 10.2. The molecule has 0 aliphatic carbocycles. The van der Waals surface area contributed by atoms with Crippen molar-refractivity contribution in [2.24, 2.45) is 5.73 Å². The van der Waals surface area contributed by atoms with Gasteiger partial charge in [0.2, 0.25) is 0 Å². The van der Waals surface area contributed by atoms with Gasteiger partial charge in [0.15, 0.2) is 0 Å². The molecular formula is C10H17N3. The molecule has 3 heteroatoms. The number of nitrogen functional groups attached to an aromatic ring is 1. The lowest BCUT2D eigenvalue weighted by Crippen LogP contribution is -2.32. The highest BCUT2D eigenvalue weighted by Crippen LogP contribution is 2.09. The molecule has 0 heterocycles. The largest absolute Gasteiger partial charge is 0.398 e. The zero-order valence-corrected chi connectivity index (χ0v) is 7.96. The first kappa shape index (κ1) is 10.0. The van der Waals surface area contributed by atoms with Gasteiger partial charge in [-0.05, 0) is 18.6 Å². The van der Waals surface area contributed by atoms with Gasteiger partial charge >= 0.3 is 0 Å². The maximum absolute atomic E-state index is 5.78. The van der Waals surface area contributed by atoms with Crippen molar-refractivity contribution in [1.82, 2.24) is 5.32 Å². The van der Waals surface area contributed by atoms with E-state index >= 15 is 0 Å². The van der Waals surface area contributed by atoms with E-state index in [1.54, 1.807) is 0 Å². The van der Waals surface area contributed by atoms with Crippen LogP contribution in [0.4, 0.5) is 5.69 Å². The monoisotopic (exact) mass is 179 g/mol. The van der Waals surface area contributed by atoms with E-state index in [4.69, 9.17) is 11.5 Å². The minimum atomic E-state index is 0.333. The first-order valence-corrected chi connectivity index (χ1v) is 4.51. The van der Waals surface area contributed by atoms with E-state index < -0.39 is 0 Å². The topological polar surface area (TPSA) is 64.1 Å². The average molecular weight is 179 g/mol. The third-order valence-corrected chi connectivity index (χ3v) is 2.05. The third-order valence-electron chi connectivity index (χ3n) is 2.05. The molecule has 0 spiro atoms. The van der Waals surface area contributed by atoms with E-state index in [1.165, 1.54) is 0 Å². The van der Waals surface area contributed by atoms with Gasteiger partial charge in [0.05, 0.1) is 0 Å². The summed E-state index contributed by atoms with van der Waals surface area (Å²) in [4.78, 5) is 0. The highest BCUT2D eigenvalue weighted by atomic mass is 14.9. The van der Waals surface area contributed by atoms with Crippen LogP contribution in [-0.4, -0.2) is 12.6 Å². The Balaban J connectivity index is 2.50. The van der Waals surface area contributed by atoms with Crippen molar-refractivity contribution in [2.45, 2.75) is 19.5 Å². The van der Waals surface area contributed by atoms with Crippen molar-refractivity contribution in [1.29, 1.82) is 0 Å². The number of rotatable bonds is 4. The number of hydrogen-bond donors (Lipinski definition) is 3. The Morgan fingerprint density at radius 1 is 1.38 bits per heavy atom. The number of nitrogens with two attached hydrogens (primary N) is 2. The Hall–Kier alpha value is -1.06. The van der Waals surface area contributed by atoms with Gasteiger partial charge in [-0.15, -0.1) is 0 Å². The summed E-state index contributed by atoms with van der Waals surface area (Å²) in [6.45, 7) is 3.48. The van der Waals surface area contributed by atoms with Crippen LogP contribution in [-0.2, 0) is 6.54 Å². The predicted octanol–water partition coefficient (Wildman–Crippen LogP) is 0.706. The maximum Gasteiger partial charge on any atom is 0.0359 e. The van der Waals surface area contributed by atoms with E-state index in [0.717, 1.165) is 17.8 Å². The maximum atomic E-state index is 5.78. The van der Waals surface area contributed by atoms with Crippen LogP contribution in [0.3, 0.4) is 0 Å². The van der Waals surface area contributed by atoms with Crippen LogP contribution in [0.1, 0.15) is 12.5 Å². The van der Waals surface area contributed by atoms with Gasteiger partial charge in [0.25, 0.3) is 0 Å². The summed E-state index contributed by atoms with van der Waals surface area (Å²) < 4.78 is 0. The second-order valence-electron chi connectivity index (χ2n) is 3.22. The van der Waals surface area contributed by atoms with E-state index in [0.29, 0.717) is 12.6 Å². The second kappa shape index (κ2) is 4.84. The van der Waals surface area contributed by atoms with Crippen LogP contribution in [0, 0.1) is 0 Å². The van der Waals surface area contributed by atoms with Crippen LogP contribution in [0.5, 0.6) is 0 Å². The Labute approximate surface area is 79.1 Å². The SMILES string of the molecule is CC(CN)NCc1ccccc1N. The molecule has 0 fully saturated rings. The Kier molecular flexibility index (Phi) is 3.73. The lowest BCUT2D eigenvalue weighted by molar-refractivity contribution is 0.557. The van der Waals surface area contributed by atoms with Crippen molar-refractivity contribution in [3.05, 3.63) is 29.8 Å². The summed E-state index contributed by atoms with van der Waals surface area (Å²) in [5.74, 6) is 0.